The van der Waals surface area contributed by atoms with Gasteiger partial charge in [0, 0.05) is 12.8 Å². The van der Waals surface area contributed by atoms with Crippen LogP contribution in [0.25, 0.3) is 0 Å². The van der Waals surface area contributed by atoms with Crippen molar-refractivity contribution < 1.29 is 18.3 Å². The zero-order valence-electron chi connectivity index (χ0n) is 7.85. The number of rotatable bonds is 2. The standard InChI is InChI=1S/C9H11F2NO2/c1-14-7(13)8(4-5-12)2-3-9(10,11)6-8/h2-4,6H2,1H3. The van der Waals surface area contributed by atoms with Crippen LogP contribution in [-0.4, -0.2) is 19.0 Å². The largest absolute Gasteiger partial charge is 0.469 e. The first-order chi connectivity index (χ1) is 6.46. The van der Waals surface area contributed by atoms with Gasteiger partial charge in [-0.15, -0.1) is 0 Å². The molecular weight excluding hydrogens is 192 g/mol. The van der Waals surface area contributed by atoms with Gasteiger partial charge in [0.2, 0.25) is 5.92 Å². The second-order valence-electron chi connectivity index (χ2n) is 3.64. The van der Waals surface area contributed by atoms with E-state index in [-0.39, 0.29) is 19.3 Å². The van der Waals surface area contributed by atoms with E-state index < -0.39 is 23.7 Å². The molecule has 0 aromatic heterocycles. The van der Waals surface area contributed by atoms with Crippen molar-refractivity contribution in [1.29, 1.82) is 5.26 Å². The van der Waals surface area contributed by atoms with Crippen LogP contribution in [0.1, 0.15) is 25.7 Å². The van der Waals surface area contributed by atoms with Gasteiger partial charge in [-0.05, 0) is 6.42 Å². The molecule has 1 aliphatic rings. The Kier molecular flexibility index (Phi) is 2.74. The quantitative estimate of drug-likeness (QED) is 0.644. The van der Waals surface area contributed by atoms with Gasteiger partial charge in [-0.25, -0.2) is 8.78 Å². The molecule has 0 aromatic rings. The van der Waals surface area contributed by atoms with Crippen molar-refractivity contribution in [2.24, 2.45) is 5.41 Å². The molecule has 0 N–H and O–H groups in total. The summed E-state index contributed by atoms with van der Waals surface area (Å²) in [5.41, 5.74) is -1.28. The third-order valence-corrected chi connectivity index (χ3v) is 2.60. The molecule has 78 valence electrons. The lowest BCUT2D eigenvalue weighted by Crippen LogP contribution is -2.31. The summed E-state index contributed by atoms with van der Waals surface area (Å²) in [6, 6.07) is 1.77. The van der Waals surface area contributed by atoms with E-state index in [0.717, 1.165) is 7.11 Å². The van der Waals surface area contributed by atoms with Gasteiger partial charge in [0.05, 0.1) is 25.0 Å². The maximum atomic E-state index is 12.9. The number of nitrogens with zero attached hydrogens (tertiary/aromatic N) is 1. The fraction of sp³-hybridized carbons (Fsp3) is 0.778. The molecule has 1 rings (SSSR count). The Bertz CT molecular complexity index is 285. The molecule has 3 nitrogen and oxygen atoms in total. The minimum Gasteiger partial charge on any atom is -0.469 e. The van der Waals surface area contributed by atoms with Gasteiger partial charge in [-0.1, -0.05) is 0 Å². The molecule has 1 unspecified atom stereocenters. The molecule has 0 radical (unpaired) electrons. The van der Waals surface area contributed by atoms with Crippen LogP contribution in [0.2, 0.25) is 0 Å². The fourth-order valence-electron chi connectivity index (χ4n) is 1.86. The number of nitriles is 1. The van der Waals surface area contributed by atoms with E-state index in [9.17, 15) is 13.6 Å². The Morgan fingerprint density at radius 3 is 2.57 bits per heavy atom. The predicted molar refractivity (Wildman–Crippen MR) is 43.5 cm³/mol. The summed E-state index contributed by atoms with van der Waals surface area (Å²) >= 11 is 0. The van der Waals surface area contributed by atoms with Crippen molar-refractivity contribution in [2.45, 2.75) is 31.6 Å². The Morgan fingerprint density at radius 1 is 1.57 bits per heavy atom. The van der Waals surface area contributed by atoms with Crippen molar-refractivity contribution >= 4 is 5.97 Å². The molecule has 1 aliphatic carbocycles. The van der Waals surface area contributed by atoms with Gasteiger partial charge < -0.3 is 4.74 Å². The van der Waals surface area contributed by atoms with E-state index in [1.165, 1.54) is 0 Å². The highest BCUT2D eigenvalue weighted by molar-refractivity contribution is 5.77. The monoisotopic (exact) mass is 203 g/mol. The highest BCUT2D eigenvalue weighted by atomic mass is 19.3. The van der Waals surface area contributed by atoms with Gasteiger partial charge >= 0.3 is 5.97 Å². The molecular formula is C9H11F2NO2. The van der Waals surface area contributed by atoms with Crippen LogP contribution < -0.4 is 0 Å². The molecule has 0 aromatic carbocycles. The third-order valence-electron chi connectivity index (χ3n) is 2.60. The first-order valence-electron chi connectivity index (χ1n) is 4.29. The number of methoxy groups -OCH3 is 1. The van der Waals surface area contributed by atoms with Crippen LogP contribution in [0, 0.1) is 16.7 Å². The summed E-state index contributed by atoms with van der Waals surface area (Å²) in [6.45, 7) is 0. The lowest BCUT2D eigenvalue weighted by Gasteiger charge is -2.22. The number of esters is 1. The molecule has 14 heavy (non-hydrogen) atoms. The lowest BCUT2D eigenvalue weighted by molar-refractivity contribution is -0.154. The van der Waals surface area contributed by atoms with E-state index in [4.69, 9.17) is 5.26 Å². The zero-order chi connectivity index (χ0) is 10.8. The molecule has 0 aliphatic heterocycles. The molecule has 5 heteroatoms. The number of hydrogen-bond donors (Lipinski definition) is 0. The third kappa shape index (κ3) is 1.84. The maximum Gasteiger partial charge on any atom is 0.313 e. The first kappa shape index (κ1) is 10.9. The van der Waals surface area contributed by atoms with Crippen LogP contribution in [0.5, 0.6) is 0 Å². The van der Waals surface area contributed by atoms with Crippen LogP contribution in [0.3, 0.4) is 0 Å². The van der Waals surface area contributed by atoms with E-state index in [0.29, 0.717) is 0 Å². The Hall–Kier alpha value is -1.18. The summed E-state index contributed by atoms with van der Waals surface area (Å²) in [5.74, 6) is -3.54. The Morgan fingerprint density at radius 2 is 2.21 bits per heavy atom. The van der Waals surface area contributed by atoms with E-state index in [1.54, 1.807) is 6.07 Å². The summed E-state index contributed by atoms with van der Waals surface area (Å²) in [4.78, 5) is 11.3. The van der Waals surface area contributed by atoms with Gasteiger partial charge in [0.1, 0.15) is 0 Å². The SMILES string of the molecule is COC(=O)C1(CC#N)CCC(F)(F)C1. The fourth-order valence-corrected chi connectivity index (χ4v) is 1.86. The molecule has 1 saturated carbocycles. The molecule has 0 spiro atoms. The van der Waals surface area contributed by atoms with E-state index >= 15 is 0 Å². The van der Waals surface area contributed by atoms with Crippen LogP contribution in [0.4, 0.5) is 8.78 Å². The molecule has 1 atom stereocenters. The Balaban J connectivity index is 2.87. The number of carbonyl (C=O) groups excluding carboxylic acids is 1. The van der Waals surface area contributed by atoms with Gasteiger partial charge in [-0.2, -0.15) is 5.26 Å². The van der Waals surface area contributed by atoms with E-state index in [2.05, 4.69) is 4.74 Å². The molecule has 0 saturated heterocycles. The summed E-state index contributed by atoms with van der Waals surface area (Å²) in [7, 11) is 1.15. The van der Waals surface area contributed by atoms with Crippen molar-refractivity contribution in [3.63, 3.8) is 0 Å². The lowest BCUT2D eigenvalue weighted by atomic mass is 9.83. The normalized spacial score (nSPS) is 29.6. The first-order valence-corrected chi connectivity index (χ1v) is 4.29. The van der Waals surface area contributed by atoms with Crippen LogP contribution in [-0.2, 0) is 9.53 Å². The second-order valence-corrected chi connectivity index (χ2v) is 3.64. The minimum absolute atomic E-state index is 0.0280. The average Bonchev–Trinajstić information content (AvgIpc) is 2.42. The zero-order valence-corrected chi connectivity index (χ0v) is 7.85. The summed E-state index contributed by atoms with van der Waals surface area (Å²) in [5, 5.41) is 8.50. The average molecular weight is 203 g/mol. The Labute approximate surface area is 80.7 Å². The van der Waals surface area contributed by atoms with Gasteiger partial charge in [-0.3, -0.25) is 4.79 Å². The van der Waals surface area contributed by atoms with Crippen LogP contribution >= 0.6 is 0 Å². The maximum absolute atomic E-state index is 12.9. The van der Waals surface area contributed by atoms with Gasteiger partial charge in [0.15, 0.2) is 0 Å². The van der Waals surface area contributed by atoms with Crippen molar-refractivity contribution in [3.8, 4) is 6.07 Å². The summed E-state index contributed by atoms with van der Waals surface area (Å²) < 4.78 is 30.3. The number of ether oxygens (including phenoxy) is 1. The number of carbonyl (C=O) groups is 1. The molecule has 0 heterocycles. The molecule has 1 fully saturated rings. The highest BCUT2D eigenvalue weighted by Gasteiger charge is 2.54. The van der Waals surface area contributed by atoms with Crippen LogP contribution in [0.15, 0.2) is 0 Å². The second kappa shape index (κ2) is 3.52. The van der Waals surface area contributed by atoms with Crippen molar-refractivity contribution in [3.05, 3.63) is 0 Å². The predicted octanol–water partition coefficient (Wildman–Crippen LogP) is 1.88. The minimum atomic E-state index is -2.84. The number of alkyl halides is 2. The van der Waals surface area contributed by atoms with Crippen molar-refractivity contribution in [2.75, 3.05) is 7.11 Å². The summed E-state index contributed by atoms with van der Waals surface area (Å²) in [6.07, 6.45) is -1.08. The number of hydrogen-bond acceptors (Lipinski definition) is 3. The number of halogens is 2. The molecule has 0 amide bonds. The highest BCUT2D eigenvalue weighted by Crippen LogP contribution is 2.49. The van der Waals surface area contributed by atoms with Gasteiger partial charge in [0.25, 0.3) is 0 Å². The van der Waals surface area contributed by atoms with E-state index in [1.807, 2.05) is 0 Å². The van der Waals surface area contributed by atoms with Crippen molar-refractivity contribution in [1.82, 2.24) is 0 Å². The topological polar surface area (TPSA) is 50.1 Å². The smallest absolute Gasteiger partial charge is 0.313 e. The molecule has 0 bridgehead atoms.